The van der Waals surface area contributed by atoms with Gasteiger partial charge >= 0.3 is 0 Å². The molecular formula is C15H24N2O3. The van der Waals surface area contributed by atoms with Gasteiger partial charge < -0.3 is 20.1 Å². The Labute approximate surface area is 120 Å². The van der Waals surface area contributed by atoms with Gasteiger partial charge in [0, 0.05) is 19.5 Å². The van der Waals surface area contributed by atoms with E-state index in [2.05, 4.69) is 10.6 Å². The summed E-state index contributed by atoms with van der Waals surface area (Å²) in [5.74, 6) is 1.46. The molecule has 0 atom stereocenters. The van der Waals surface area contributed by atoms with Gasteiger partial charge in [0.1, 0.15) is 0 Å². The van der Waals surface area contributed by atoms with Crippen LogP contribution >= 0.6 is 0 Å². The zero-order valence-corrected chi connectivity index (χ0v) is 12.5. The van der Waals surface area contributed by atoms with Crippen molar-refractivity contribution in [3.05, 3.63) is 23.8 Å². The summed E-state index contributed by atoms with van der Waals surface area (Å²) in [5, 5.41) is 6.04. The maximum atomic E-state index is 11.7. The topological polar surface area (TPSA) is 59.6 Å². The largest absolute Gasteiger partial charge is 0.493 e. The highest BCUT2D eigenvalue weighted by atomic mass is 16.5. The van der Waals surface area contributed by atoms with Gasteiger partial charge in [-0.05, 0) is 30.7 Å². The fraction of sp³-hybridized carbons (Fsp3) is 0.533. The van der Waals surface area contributed by atoms with E-state index in [1.165, 1.54) is 0 Å². The highest BCUT2D eigenvalue weighted by Crippen LogP contribution is 2.27. The third kappa shape index (κ3) is 5.48. The Morgan fingerprint density at radius 2 is 1.90 bits per heavy atom. The van der Waals surface area contributed by atoms with E-state index in [9.17, 15) is 4.79 Å². The van der Waals surface area contributed by atoms with Crippen molar-refractivity contribution < 1.29 is 14.3 Å². The van der Waals surface area contributed by atoms with E-state index in [1.54, 1.807) is 14.2 Å². The summed E-state index contributed by atoms with van der Waals surface area (Å²) in [6, 6.07) is 5.72. The van der Waals surface area contributed by atoms with Crippen molar-refractivity contribution in [1.82, 2.24) is 10.6 Å². The fourth-order valence-corrected chi connectivity index (χ4v) is 1.85. The van der Waals surface area contributed by atoms with E-state index in [4.69, 9.17) is 9.47 Å². The van der Waals surface area contributed by atoms with Crippen LogP contribution in [0.25, 0.3) is 0 Å². The van der Waals surface area contributed by atoms with Crippen LogP contribution in [0.3, 0.4) is 0 Å². The van der Waals surface area contributed by atoms with Crippen LogP contribution in [0.4, 0.5) is 0 Å². The predicted molar refractivity (Wildman–Crippen MR) is 79.4 cm³/mol. The summed E-state index contributed by atoms with van der Waals surface area (Å²) in [6.07, 6.45) is 1.16. The van der Waals surface area contributed by atoms with E-state index in [0.29, 0.717) is 30.9 Å². The third-order valence-electron chi connectivity index (χ3n) is 2.96. The first kappa shape index (κ1) is 16.3. The van der Waals surface area contributed by atoms with Gasteiger partial charge in [-0.2, -0.15) is 0 Å². The van der Waals surface area contributed by atoms with E-state index < -0.39 is 0 Å². The molecule has 0 aromatic heterocycles. The Morgan fingerprint density at radius 3 is 2.55 bits per heavy atom. The minimum atomic E-state index is 0.0673. The number of rotatable bonds is 9. The smallest absolute Gasteiger partial charge is 0.220 e. The number of nitrogens with one attached hydrogen (secondary N) is 2. The number of benzene rings is 1. The second-order valence-corrected chi connectivity index (χ2v) is 4.39. The van der Waals surface area contributed by atoms with E-state index in [1.807, 2.05) is 25.1 Å². The molecule has 2 N–H and O–H groups in total. The average Bonchev–Trinajstić information content (AvgIpc) is 2.49. The Morgan fingerprint density at radius 1 is 1.15 bits per heavy atom. The van der Waals surface area contributed by atoms with Crippen LogP contribution in [-0.4, -0.2) is 39.8 Å². The first-order valence-electron chi connectivity index (χ1n) is 6.89. The average molecular weight is 280 g/mol. The zero-order valence-electron chi connectivity index (χ0n) is 12.5. The molecule has 5 heteroatoms. The first-order chi connectivity index (χ1) is 9.71. The lowest BCUT2D eigenvalue weighted by molar-refractivity contribution is -0.121. The maximum Gasteiger partial charge on any atom is 0.220 e. The molecule has 0 spiro atoms. The minimum Gasteiger partial charge on any atom is -0.493 e. The summed E-state index contributed by atoms with van der Waals surface area (Å²) in [4.78, 5) is 11.7. The standard InChI is InChI=1S/C15H24N2O3/c1-4-16-9-10-17-15(18)8-6-12-5-7-13(19-2)14(11-12)20-3/h5,7,11,16H,4,6,8-10H2,1-3H3,(H,17,18). The second kappa shape index (κ2) is 9.20. The highest BCUT2D eigenvalue weighted by Gasteiger charge is 2.06. The lowest BCUT2D eigenvalue weighted by Crippen LogP contribution is -2.31. The van der Waals surface area contributed by atoms with Crippen molar-refractivity contribution >= 4 is 5.91 Å². The monoisotopic (exact) mass is 280 g/mol. The number of hydrogen-bond donors (Lipinski definition) is 2. The molecule has 20 heavy (non-hydrogen) atoms. The summed E-state index contributed by atoms with van der Waals surface area (Å²) in [7, 11) is 3.21. The van der Waals surface area contributed by atoms with Crippen molar-refractivity contribution in [2.75, 3.05) is 33.9 Å². The molecule has 1 aromatic carbocycles. The SMILES string of the molecule is CCNCCNC(=O)CCc1ccc(OC)c(OC)c1. The number of amides is 1. The molecule has 0 bridgehead atoms. The van der Waals surface area contributed by atoms with E-state index in [-0.39, 0.29) is 5.91 Å². The van der Waals surface area contributed by atoms with Crippen LogP contribution in [0.15, 0.2) is 18.2 Å². The van der Waals surface area contributed by atoms with Gasteiger partial charge in [-0.15, -0.1) is 0 Å². The Bertz CT molecular complexity index is 422. The van der Waals surface area contributed by atoms with Gasteiger partial charge in [0.25, 0.3) is 0 Å². The molecule has 0 radical (unpaired) electrons. The zero-order chi connectivity index (χ0) is 14.8. The molecule has 0 aliphatic carbocycles. The Kier molecular flexibility index (Phi) is 7.50. The maximum absolute atomic E-state index is 11.7. The Hall–Kier alpha value is -1.75. The number of ether oxygens (including phenoxy) is 2. The summed E-state index contributed by atoms with van der Waals surface area (Å²) in [6.45, 7) is 4.43. The quantitative estimate of drug-likeness (QED) is 0.671. The molecule has 0 heterocycles. The molecule has 5 nitrogen and oxygen atoms in total. The van der Waals surface area contributed by atoms with Crippen LogP contribution in [-0.2, 0) is 11.2 Å². The van der Waals surface area contributed by atoms with Crippen molar-refractivity contribution in [1.29, 1.82) is 0 Å². The van der Waals surface area contributed by atoms with Crippen LogP contribution in [0.2, 0.25) is 0 Å². The number of carbonyl (C=O) groups is 1. The lowest BCUT2D eigenvalue weighted by Gasteiger charge is -2.10. The predicted octanol–water partition coefficient (Wildman–Crippen LogP) is 1.36. The Balaban J connectivity index is 2.39. The van der Waals surface area contributed by atoms with Gasteiger partial charge in [-0.25, -0.2) is 0 Å². The van der Waals surface area contributed by atoms with Crippen LogP contribution in [0.1, 0.15) is 18.9 Å². The van der Waals surface area contributed by atoms with Crippen molar-refractivity contribution in [2.45, 2.75) is 19.8 Å². The van der Waals surface area contributed by atoms with Gasteiger partial charge in [0.2, 0.25) is 5.91 Å². The molecular weight excluding hydrogens is 256 g/mol. The van der Waals surface area contributed by atoms with Crippen LogP contribution < -0.4 is 20.1 Å². The molecule has 0 saturated heterocycles. The van der Waals surface area contributed by atoms with E-state index >= 15 is 0 Å². The summed E-state index contributed by atoms with van der Waals surface area (Å²) in [5.41, 5.74) is 1.06. The minimum absolute atomic E-state index is 0.0673. The van der Waals surface area contributed by atoms with Crippen LogP contribution in [0, 0.1) is 0 Å². The first-order valence-corrected chi connectivity index (χ1v) is 6.89. The molecule has 1 rings (SSSR count). The molecule has 1 aromatic rings. The van der Waals surface area contributed by atoms with Crippen molar-refractivity contribution in [3.63, 3.8) is 0 Å². The number of carbonyl (C=O) groups excluding carboxylic acids is 1. The normalized spacial score (nSPS) is 10.2. The lowest BCUT2D eigenvalue weighted by atomic mass is 10.1. The molecule has 0 fully saturated rings. The van der Waals surface area contributed by atoms with Gasteiger partial charge in [-0.1, -0.05) is 13.0 Å². The molecule has 0 aliphatic heterocycles. The molecule has 112 valence electrons. The van der Waals surface area contributed by atoms with Crippen molar-refractivity contribution in [2.24, 2.45) is 0 Å². The molecule has 0 aliphatic rings. The van der Waals surface area contributed by atoms with Gasteiger partial charge in [0.05, 0.1) is 14.2 Å². The second-order valence-electron chi connectivity index (χ2n) is 4.39. The van der Waals surface area contributed by atoms with Crippen LogP contribution in [0.5, 0.6) is 11.5 Å². The van der Waals surface area contributed by atoms with Gasteiger partial charge in [0.15, 0.2) is 11.5 Å². The van der Waals surface area contributed by atoms with Gasteiger partial charge in [-0.3, -0.25) is 4.79 Å². The van der Waals surface area contributed by atoms with E-state index in [0.717, 1.165) is 18.7 Å². The number of methoxy groups -OCH3 is 2. The highest BCUT2D eigenvalue weighted by molar-refractivity contribution is 5.76. The molecule has 0 unspecified atom stereocenters. The third-order valence-corrected chi connectivity index (χ3v) is 2.96. The fourth-order valence-electron chi connectivity index (χ4n) is 1.85. The number of likely N-dealkylation sites (N-methyl/N-ethyl adjacent to an activating group) is 1. The van der Waals surface area contributed by atoms with Crippen molar-refractivity contribution in [3.8, 4) is 11.5 Å². The molecule has 0 saturated carbocycles. The summed E-state index contributed by atoms with van der Waals surface area (Å²) >= 11 is 0. The number of aryl methyl sites for hydroxylation is 1. The molecule has 1 amide bonds. The summed E-state index contributed by atoms with van der Waals surface area (Å²) < 4.78 is 10.4. The number of hydrogen-bond acceptors (Lipinski definition) is 4.